The first-order chi connectivity index (χ1) is 4.31. The van der Waals surface area contributed by atoms with Gasteiger partial charge in [0.1, 0.15) is 0 Å². The lowest BCUT2D eigenvalue weighted by molar-refractivity contribution is -0.111. The van der Waals surface area contributed by atoms with Crippen molar-refractivity contribution in [2.45, 2.75) is 19.8 Å². The Morgan fingerprint density at radius 1 is 1.67 bits per heavy atom. The minimum atomic E-state index is 0.267. The van der Waals surface area contributed by atoms with E-state index in [1.165, 1.54) is 11.8 Å². The maximum atomic E-state index is 10.7. The first kappa shape index (κ1) is 8.98. The summed E-state index contributed by atoms with van der Waals surface area (Å²) in [6, 6.07) is 0. The molecule has 0 bridgehead atoms. The highest BCUT2D eigenvalue weighted by molar-refractivity contribution is 8.13. The molecule has 0 spiro atoms. The van der Waals surface area contributed by atoms with Gasteiger partial charge in [-0.3, -0.25) is 4.79 Å². The van der Waals surface area contributed by atoms with E-state index in [1.54, 1.807) is 0 Å². The number of nitrogens with two attached hydrogens (primary N) is 1. The number of rotatable bonds is 4. The van der Waals surface area contributed by atoms with E-state index in [0.717, 1.165) is 12.2 Å². The van der Waals surface area contributed by atoms with Crippen molar-refractivity contribution >= 4 is 16.9 Å². The van der Waals surface area contributed by atoms with Crippen LogP contribution in [0.5, 0.6) is 0 Å². The standard InChI is InChI=1S/C6H13NOS/c1-2-3-6(8)9-5-4-7/h2-5,7H2,1H3. The monoisotopic (exact) mass is 147 g/mol. The predicted octanol–water partition coefficient (Wildman–Crippen LogP) is 1.00. The molecule has 0 amide bonds. The second kappa shape index (κ2) is 6.11. The van der Waals surface area contributed by atoms with Gasteiger partial charge in [-0.1, -0.05) is 18.7 Å². The Bertz CT molecular complexity index is 85.1. The Hall–Kier alpha value is -0.0200. The summed E-state index contributed by atoms with van der Waals surface area (Å²) < 4.78 is 0. The molecule has 0 aliphatic carbocycles. The van der Waals surface area contributed by atoms with E-state index in [9.17, 15) is 4.79 Å². The first-order valence-electron chi connectivity index (χ1n) is 3.17. The summed E-state index contributed by atoms with van der Waals surface area (Å²) in [6.07, 6.45) is 1.63. The van der Waals surface area contributed by atoms with Crippen LogP contribution in [0.25, 0.3) is 0 Å². The van der Waals surface area contributed by atoms with Crippen LogP contribution >= 0.6 is 11.8 Å². The summed E-state index contributed by atoms with van der Waals surface area (Å²) in [5, 5.41) is 0.267. The number of hydrogen-bond donors (Lipinski definition) is 1. The number of thioether (sulfide) groups is 1. The molecule has 2 N–H and O–H groups in total. The highest BCUT2D eigenvalue weighted by atomic mass is 32.2. The lowest BCUT2D eigenvalue weighted by atomic mass is 10.4. The van der Waals surface area contributed by atoms with Gasteiger partial charge in [0.05, 0.1) is 0 Å². The maximum absolute atomic E-state index is 10.7. The fourth-order valence-electron chi connectivity index (χ4n) is 0.449. The lowest BCUT2D eigenvalue weighted by Gasteiger charge is -1.93. The van der Waals surface area contributed by atoms with Crippen molar-refractivity contribution in [2.24, 2.45) is 5.73 Å². The Morgan fingerprint density at radius 3 is 2.78 bits per heavy atom. The number of carbonyl (C=O) groups is 1. The SMILES string of the molecule is CCCC(=O)SCCN. The third-order valence-electron chi connectivity index (χ3n) is 0.835. The van der Waals surface area contributed by atoms with Gasteiger partial charge in [0.15, 0.2) is 5.12 Å². The van der Waals surface area contributed by atoms with Gasteiger partial charge in [-0.25, -0.2) is 0 Å². The lowest BCUT2D eigenvalue weighted by Crippen LogP contribution is -2.03. The maximum Gasteiger partial charge on any atom is 0.188 e. The Balaban J connectivity index is 3.06. The minimum absolute atomic E-state index is 0.267. The van der Waals surface area contributed by atoms with Crippen LogP contribution in [0.2, 0.25) is 0 Å². The normalized spacial score (nSPS) is 9.56. The van der Waals surface area contributed by atoms with Gasteiger partial charge in [-0.05, 0) is 6.42 Å². The molecule has 0 aliphatic rings. The van der Waals surface area contributed by atoms with Crippen LogP contribution in [0.15, 0.2) is 0 Å². The van der Waals surface area contributed by atoms with Crippen molar-refractivity contribution < 1.29 is 4.79 Å². The van der Waals surface area contributed by atoms with Crippen LogP contribution in [0, 0.1) is 0 Å². The van der Waals surface area contributed by atoms with Gasteiger partial charge in [0.2, 0.25) is 0 Å². The van der Waals surface area contributed by atoms with Crippen molar-refractivity contribution in [2.75, 3.05) is 12.3 Å². The van der Waals surface area contributed by atoms with Crippen LogP contribution in [0.3, 0.4) is 0 Å². The van der Waals surface area contributed by atoms with Gasteiger partial charge >= 0.3 is 0 Å². The van der Waals surface area contributed by atoms with E-state index in [0.29, 0.717) is 13.0 Å². The van der Waals surface area contributed by atoms with E-state index in [1.807, 2.05) is 6.92 Å². The molecule has 0 unspecified atom stereocenters. The molecule has 0 aromatic rings. The molecular weight excluding hydrogens is 134 g/mol. The van der Waals surface area contributed by atoms with Gasteiger partial charge in [-0.2, -0.15) is 0 Å². The molecule has 0 fully saturated rings. The van der Waals surface area contributed by atoms with Crippen LogP contribution in [0.1, 0.15) is 19.8 Å². The fraction of sp³-hybridized carbons (Fsp3) is 0.833. The van der Waals surface area contributed by atoms with E-state index in [-0.39, 0.29) is 5.12 Å². The highest BCUT2D eigenvalue weighted by Crippen LogP contribution is 2.04. The Morgan fingerprint density at radius 2 is 2.33 bits per heavy atom. The summed E-state index contributed by atoms with van der Waals surface area (Å²) in [5.41, 5.74) is 5.20. The second-order valence-corrected chi connectivity index (χ2v) is 2.91. The van der Waals surface area contributed by atoms with Crippen molar-refractivity contribution in [1.82, 2.24) is 0 Å². The topological polar surface area (TPSA) is 43.1 Å². The third kappa shape index (κ3) is 5.86. The van der Waals surface area contributed by atoms with Gasteiger partial charge in [0.25, 0.3) is 0 Å². The van der Waals surface area contributed by atoms with Crippen molar-refractivity contribution in [3.8, 4) is 0 Å². The van der Waals surface area contributed by atoms with Crippen LogP contribution in [0.4, 0.5) is 0 Å². The molecule has 9 heavy (non-hydrogen) atoms. The average molecular weight is 147 g/mol. The van der Waals surface area contributed by atoms with E-state index in [2.05, 4.69) is 0 Å². The predicted molar refractivity (Wildman–Crippen MR) is 41.4 cm³/mol. The molecule has 0 saturated carbocycles. The molecule has 3 heteroatoms. The quantitative estimate of drug-likeness (QED) is 0.645. The van der Waals surface area contributed by atoms with Gasteiger partial charge in [-0.15, -0.1) is 0 Å². The van der Waals surface area contributed by atoms with Crippen molar-refractivity contribution in [3.05, 3.63) is 0 Å². The molecule has 0 rings (SSSR count). The molecule has 0 aromatic carbocycles. The average Bonchev–Trinajstić information content (AvgIpc) is 1.85. The molecule has 0 aliphatic heterocycles. The van der Waals surface area contributed by atoms with Crippen LogP contribution in [-0.2, 0) is 4.79 Å². The summed E-state index contributed by atoms with van der Waals surface area (Å²) in [5.74, 6) is 0.763. The fourth-order valence-corrected chi connectivity index (χ4v) is 1.14. The third-order valence-corrected chi connectivity index (χ3v) is 1.80. The largest absolute Gasteiger partial charge is 0.330 e. The summed E-state index contributed by atoms with van der Waals surface area (Å²) in [4.78, 5) is 10.7. The molecule has 0 heterocycles. The van der Waals surface area contributed by atoms with E-state index < -0.39 is 0 Å². The van der Waals surface area contributed by atoms with Crippen LogP contribution in [-0.4, -0.2) is 17.4 Å². The molecule has 0 radical (unpaired) electrons. The van der Waals surface area contributed by atoms with Gasteiger partial charge in [0, 0.05) is 18.7 Å². The highest BCUT2D eigenvalue weighted by Gasteiger charge is 1.97. The van der Waals surface area contributed by atoms with E-state index >= 15 is 0 Å². The zero-order valence-corrected chi connectivity index (χ0v) is 6.54. The zero-order valence-electron chi connectivity index (χ0n) is 5.72. The molecular formula is C6H13NOS. The minimum Gasteiger partial charge on any atom is -0.330 e. The van der Waals surface area contributed by atoms with Crippen molar-refractivity contribution in [3.63, 3.8) is 0 Å². The number of hydrogen-bond acceptors (Lipinski definition) is 3. The van der Waals surface area contributed by atoms with E-state index in [4.69, 9.17) is 5.73 Å². The van der Waals surface area contributed by atoms with Crippen molar-refractivity contribution in [1.29, 1.82) is 0 Å². The Labute approximate surface area is 60.2 Å². The molecule has 0 aromatic heterocycles. The summed E-state index contributed by atoms with van der Waals surface area (Å²) in [7, 11) is 0. The Kier molecular flexibility index (Phi) is 6.09. The van der Waals surface area contributed by atoms with Gasteiger partial charge < -0.3 is 5.73 Å². The summed E-state index contributed by atoms with van der Waals surface area (Å²) >= 11 is 1.34. The molecule has 0 atom stereocenters. The van der Waals surface area contributed by atoms with Crippen LogP contribution < -0.4 is 5.73 Å². The number of carbonyl (C=O) groups excluding carboxylic acids is 1. The molecule has 2 nitrogen and oxygen atoms in total. The molecule has 54 valence electrons. The second-order valence-electron chi connectivity index (χ2n) is 1.76. The smallest absolute Gasteiger partial charge is 0.188 e. The first-order valence-corrected chi connectivity index (χ1v) is 4.15. The molecule has 0 saturated heterocycles. The summed E-state index contributed by atoms with van der Waals surface area (Å²) in [6.45, 7) is 2.60. The zero-order chi connectivity index (χ0) is 7.11.